The molecule has 0 aliphatic heterocycles. The molecule has 7 heteroatoms. The van der Waals surface area contributed by atoms with Crippen LogP contribution in [0.5, 0.6) is 0 Å². The molecule has 0 rings (SSSR count). The average molecular weight is 315 g/mol. The van der Waals surface area contributed by atoms with Gasteiger partial charge in [-0.05, 0) is 17.8 Å². The Balaban J connectivity index is 5.29. The van der Waals surface area contributed by atoms with Gasteiger partial charge in [-0.3, -0.25) is 14.4 Å². The van der Waals surface area contributed by atoms with Crippen LogP contribution in [0.3, 0.4) is 0 Å². The van der Waals surface area contributed by atoms with E-state index >= 15 is 0 Å². The average Bonchev–Trinajstić information content (AvgIpc) is 2.38. The molecule has 0 aromatic carbocycles. The Hall–Kier alpha value is -1.63. The maximum Gasteiger partial charge on any atom is 0.247 e. The Labute approximate surface area is 132 Å². The Morgan fingerprint density at radius 1 is 1.14 bits per heavy atom. The van der Waals surface area contributed by atoms with E-state index in [0.29, 0.717) is 6.42 Å². The highest BCUT2D eigenvalue weighted by atomic mass is 16.3. The van der Waals surface area contributed by atoms with Crippen LogP contribution in [-0.4, -0.2) is 42.0 Å². The lowest BCUT2D eigenvalue weighted by molar-refractivity contribution is -0.141. The summed E-state index contributed by atoms with van der Waals surface area (Å²) < 4.78 is 0. The minimum Gasteiger partial charge on any atom is -0.382 e. The highest BCUT2D eigenvalue weighted by molar-refractivity contribution is 5.92. The largest absolute Gasteiger partial charge is 0.382 e. The smallest absolute Gasteiger partial charge is 0.247 e. The lowest BCUT2D eigenvalue weighted by Gasteiger charge is -2.32. The Kier molecular flexibility index (Phi) is 7.52. The molecule has 5 N–H and O–H groups in total. The molecule has 0 spiro atoms. The Bertz CT molecular complexity index is 416. The number of nitrogens with two attached hydrogens (primary N) is 1. The van der Waals surface area contributed by atoms with Gasteiger partial charge in [-0.2, -0.15) is 0 Å². The molecule has 0 aliphatic rings. The highest BCUT2D eigenvalue weighted by Gasteiger charge is 2.37. The normalized spacial score (nSPS) is 15.8. The number of hydrogen-bond acceptors (Lipinski definition) is 4. The van der Waals surface area contributed by atoms with E-state index in [1.807, 2.05) is 34.6 Å². The third kappa shape index (κ3) is 6.01. The number of aliphatic hydroxyl groups excluding tert-OH is 1. The van der Waals surface area contributed by atoms with Crippen molar-refractivity contribution in [2.24, 2.45) is 23.0 Å². The van der Waals surface area contributed by atoms with Gasteiger partial charge in [0.1, 0.15) is 12.1 Å². The van der Waals surface area contributed by atoms with Crippen molar-refractivity contribution in [3.63, 3.8) is 0 Å². The molecule has 7 nitrogen and oxygen atoms in total. The van der Waals surface area contributed by atoms with Gasteiger partial charge in [-0.25, -0.2) is 0 Å². The fraction of sp³-hybridized carbons (Fsp3) is 0.800. The van der Waals surface area contributed by atoms with Crippen LogP contribution in [-0.2, 0) is 14.4 Å². The monoisotopic (exact) mass is 315 g/mol. The fourth-order valence-corrected chi connectivity index (χ4v) is 2.15. The van der Waals surface area contributed by atoms with Gasteiger partial charge in [0.2, 0.25) is 17.7 Å². The van der Waals surface area contributed by atoms with E-state index in [1.54, 1.807) is 0 Å². The van der Waals surface area contributed by atoms with Crippen LogP contribution < -0.4 is 16.4 Å². The molecule has 0 fully saturated rings. The molecule has 0 aliphatic carbocycles. The van der Waals surface area contributed by atoms with Gasteiger partial charge in [0.15, 0.2) is 0 Å². The molecule has 0 saturated heterocycles. The summed E-state index contributed by atoms with van der Waals surface area (Å²) >= 11 is 0. The number of aliphatic hydroxyl groups is 1. The predicted molar refractivity (Wildman–Crippen MR) is 83.6 cm³/mol. The van der Waals surface area contributed by atoms with Gasteiger partial charge in [0, 0.05) is 7.05 Å². The van der Waals surface area contributed by atoms with Gasteiger partial charge in [0.25, 0.3) is 0 Å². The van der Waals surface area contributed by atoms with E-state index in [9.17, 15) is 19.5 Å². The second-order valence-corrected chi connectivity index (χ2v) is 7.01. The molecule has 0 aromatic rings. The molecule has 0 saturated carbocycles. The highest BCUT2D eigenvalue weighted by Crippen LogP contribution is 2.22. The van der Waals surface area contributed by atoms with Gasteiger partial charge in [-0.1, -0.05) is 34.6 Å². The van der Waals surface area contributed by atoms with E-state index in [4.69, 9.17) is 5.73 Å². The molecular formula is C15H29N3O4. The lowest BCUT2D eigenvalue weighted by Crippen LogP contribution is -2.56. The Morgan fingerprint density at radius 3 is 1.95 bits per heavy atom. The van der Waals surface area contributed by atoms with E-state index in [1.165, 1.54) is 7.05 Å². The summed E-state index contributed by atoms with van der Waals surface area (Å²) in [6.07, 6.45) is -1.28. The van der Waals surface area contributed by atoms with Crippen LogP contribution in [0.1, 0.15) is 41.0 Å². The quantitative estimate of drug-likeness (QED) is 0.518. The summed E-state index contributed by atoms with van der Waals surface area (Å²) in [6.45, 7) is 9.18. The summed E-state index contributed by atoms with van der Waals surface area (Å²) in [6, 6.07) is -0.778. The van der Waals surface area contributed by atoms with Gasteiger partial charge < -0.3 is 21.5 Å². The molecule has 0 radical (unpaired) electrons. The number of amides is 3. The lowest BCUT2D eigenvalue weighted by atomic mass is 9.84. The number of nitrogens with one attached hydrogen (secondary N) is 2. The number of hydrogen-bond donors (Lipinski definition) is 4. The topological polar surface area (TPSA) is 122 Å². The first-order valence-electron chi connectivity index (χ1n) is 7.41. The number of rotatable bonds is 7. The molecule has 3 atom stereocenters. The van der Waals surface area contributed by atoms with E-state index in [0.717, 1.165) is 0 Å². The molecular weight excluding hydrogens is 286 g/mol. The first kappa shape index (κ1) is 20.4. The van der Waals surface area contributed by atoms with Gasteiger partial charge in [-0.15, -0.1) is 0 Å². The zero-order valence-corrected chi connectivity index (χ0v) is 14.3. The molecule has 1 unspecified atom stereocenters. The van der Waals surface area contributed by atoms with E-state index < -0.39 is 35.3 Å². The third-order valence-corrected chi connectivity index (χ3v) is 3.40. The van der Waals surface area contributed by atoms with E-state index in [2.05, 4.69) is 10.6 Å². The van der Waals surface area contributed by atoms with Crippen LogP contribution >= 0.6 is 0 Å². The Morgan fingerprint density at radius 2 is 1.64 bits per heavy atom. The van der Waals surface area contributed by atoms with Gasteiger partial charge >= 0.3 is 0 Å². The van der Waals surface area contributed by atoms with Crippen molar-refractivity contribution >= 4 is 17.7 Å². The summed E-state index contributed by atoms with van der Waals surface area (Å²) in [5.74, 6) is -2.74. The number of carbonyl (C=O) groups excluding carboxylic acids is 3. The first-order chi connectivity index (χ1) is 9.91. The van der Waals surface area contributed by atoms with Crippen molar-refractivity contribution in [2.75, 3.05) is 7.05 Å². The zero-order chi connectivity index (χ0) is 17.7. The summed E-state index contributed by atoms with van der Waals surface area (Å²) in [5.41, 5.74) is 4.59. The van der Waals surface area contributed by atoms with Crippen molar-refractivity contribution in [3.05, 3.63) is 0 Å². The minimum atomic E-state index is -1.58. The number of likely N-dealkylation sites (N-methyl/N-ethyl adjacent to an activating group) is 1. The zero-order valence-electron chi connectivity index (χ0n) is 14.3. The van der Waals surface area contributed by atoms with Crippen LogP contribution in [0.15, 0.2) is 0 Å². The maximum absolute atomic E-state index is 12.4. The molecule has 128 valence electrons. The van der Waals surface area contributed by atoms with Crippen molar-refractivity contribution in [1.29, 1.82) is 0 Å². The molecule has 22 heavy (non-hydrogen) atoms. The number of primary amides is 1. The maximum atomic E-state index is 12.4. The van der Waals surface area contributed by atoms with E-state index in [-0.39, 0.29) is 11.8 Å². The van der Waals surface area contributed by atoms with Crippen LogP contribution in [0.4, 0.5) is 0 Å². The second-order valence-electron chi connectivity index (χ2n) is 7.01. The standard InChI is InChI=1S/C15H29N3O4/c1-8(2)7-9(10(19)12(16)20)13(21)18-11(14(22)17-6)15(3,4)5/h8-11,19H,7H2,1-6H3,(H2,16,20)(H,17,22)(H,18,21)/t9?,10-,11-/m1/s1. The van der Waals surface area contributed by atoms with Gasteiger partial charge in [0.05, 0.1) is 5.92 Å². The van der Waals surface area contributed by atoms with Crippen molar-refractivity contribution in [1.82, 2.24) is 10.6 Å². The second kappa shape index (κ2) is 8.12. The molecule has 3 amide bonds. The predicted octanol–water partition coefficient (Wildman–Crippen LogP) is -0.228. The molecule has 0 aromatic heterocycles. The van der Waals surface area contributed by atoms with Crippen molar-refractivity contribution < 1.29 is 19.5 Å². The minimum absolute atomic E-state index is 0.0813. The molecule has 0 heterocycles. The number of carbonyl (C=O) groups is 3. The third-order valence-electron chi connectivity index (χ3n) is 3.40. The van der Waals surface area contributed by atoms with Crippen molar-refractivity contribution in [2.45, 2.75) is 53.2 Å². The first-order valence-corrected chi connectivity index (χ1v) is 7.41. The fourth-order valence-electron chi connectivity index (χ4n) is 2.15. The molecule has 0 bridgehead atoms. The summed E-state index contributed by atoms with van der Waals surface area (Å²) in [4.78, 5) is 35.6. The van der Waals surface area contributed by atoms with Crippen molar-refractivity contribution in [3.8, 4) is 0 Å². The van der Waals surface area contributed by atoms with Crippen LogP contribution in [0.2, 0.25) is 0 Å². The summed E-state index contributed by atoms with van der Waals surface area (Å²) in [7, 11) is 1.48. The van der Waals surface area contributed by atoms with Crippen LogP contribution in [0.25, 0.3) is 0 Å². The summed E-state index contributed by atoms with van der Waals surface area (Å²) in [5, 5.41) is 15.0. The van der Waals surface area contributed by atoms with Crippen LogP contribution in [0, 0.1) is 17.3 Å². The SMILES string of the molecule is CNC(=O)[C@@H](NC(=O)C(CC(C)C)[C@@H](O)C(N)=O)C(C)(C)C.